The van der Waals surface area contributed by atoms with Crippen molar-refractivity contribution in [2.45, 2.75) is 38.0 Å². The highest BCUT2D eigenvalue weighted by molar-refractivity contribution is 5.93. The van der Waals surface area contributed by atoms with Gasteiger partial charge in [-0.05, 0) is 36.1 Å². The van der Waals surface area contributed by atoms with E-state index in [1.165, 1.54) is 0 Å². The van der Waals surface area contributed by atoms with Gasteiger partial charge in [-0.15, -0.1) is 0 Å². The van der Waals surface area contributed by atoms with Crippen LogP contribution in [0.1, 0.15) is 24.0 Å². The van der Waals surface area contributed by atoms with Gasteiger partial charge in [0.15, 0.2) is 5.03 Å². The predicted octanol–water partition coefficient (Wildman–Crippen LogP) is -0.198. The fraction of sp³-hybridized carbons (Fsp3) is 0.333. The number of carbonyl (C=O) groups is 5. The maximum absolute atomic E-state index is 13.5. The topological polar surface area (TPSA) is 245 Å². The third-order valence-electron chi connectivity index (χ3n) is 7.12. The number of nitro groups is 1. The van der Waals surface area contributed by atoms with Crippen molar-refractivity contribution < 1.29 is 38.5 Å². The largest absolute Gasteiger partial charge is 0.489 e. The number of nitrogens with zero attached hydrogens (tertiary/aromatic N) is 2. The van der Waals surface area contributed by atoms with E-state index in [1.54, 1.807) is 54.0 Å². The first-order valence-corrected chi connectivity index (χ1v) is 15.6. The lowest BCUT2D eigenvalue weighted by atomic mass is 10.0. The van der Waals surface area contributed by atoms with Gasteiger partial charge in [-0.1, -0.05) is 72.2 Å². The molecule has 1 aliphatic rings. The van der Waals surface area contributed by atoms with Gasteiger partial charge < -0.3 is 36.5 Å². The third-order valence-corrected chi connectivity index (χ3v) is 7.12. The molecule has 2 aromatic carbocycles. The van der Waals surface area contributed by atoms with Gasteiger partial charge in [0.25, 0.3) is 5.96 Å². The summed E-state index contributed by atoms with van der Waals surface area (Å²) >= 11 is 0. The highest BCUT2D eigenvalue weighted by Crippen LogP contribution is 2.16. The Morgan fingerprint density at radius 1 is 0.900 bits per heavy atom. The van der Waals surface area contributed by atoms with Crippen molar-refractivity contribution in [3.63, 3.8) is 0 Å². The number of ether oxygens (including phenoxy) is 2. The van der Waals surface area contributed by atoms with Crippen LogP contribution in [0.4, 0.5) is 0 Å². The molecule has 0 fully saturated rings. The quantitative estimate of drug-likeness (QED) is 0.0281. The number of guanidine groups is 1. The lowest BCUT2D eigenvalue weighted by molar-refractivity contribution is -0.525. The second-order valence-corrected chi connectivity index (χ2v) is 10.9. The van der Waals surface area contributed by atoms with E-state index in [-0.39, 0.29) is 38.3 Å². The van der Waals surface area contributed by atoms with Gasteiger partial charge in [0, 0.05) is 13.0 Å². The van der Waals surface area contributed by atoms with Gasteiger partial charge in [-0.2, -0.15) is 0 Å². The molecule has 0 spiro atoms. The van der Waals surface area contributed by atoms with Gasteiger partial charge in [0.1, 0.15) is 24.4 Å². The van der Waals surface area contributed by atoms with Gasteiger partial charge >= 0.3 is 5.97 Å². The van der Waals surface area contributed by atoms with Crippen molar-refractivity contribution >= 4 is 35.6 Å². The molecule has 1 aliphatic carbocycles. The maximum atomic E-state index is 13.5. The summed E-state index contributed by atoms with van der Waals surface area (Å²) < 4.78 is 10.7. The Labute approximate surface area is 287 Å². The molecule has 17 nitrogen and oxygen atoms in total. The van der Waals surface area contributed by atoms with Crippen LogP contribution >= 0.6 is 0 Å². The molecule has 2 atom stereocenters. The van der Waals surface area contributed by atoms with Crippen LogP contribution in [0.3, 0.4) is 0 Å². The van der Waals surface area contributed by atoms with Gasteiger partial charge in [-0.25, -0.2) is 19.9 Å². The summed E-state index contributed by atoms with van der Waals surface area (Å²) in [5.41, 5.74) is 8.74. The number of nitrogens with one attached hydrogen (secondary N) is 5. The summed E-state index contributed by atoms with van der Waals surface area (Å²) in [6.45, 7) is -0.495. The minimum Gasteiger partial charge on any atom is -0.489 e. The second-order valence-electron chi connectivity index (χ2n) is 10.9. The van der Waals surface area contributed by atoms with Crippen LogP contribution in [0.5, 0.6) is 5.75 Å². The molecule has 3 rings (SSSR count). The molecular weight excluding hydrogens is 652 g/mol. The number of aliphatic imine (C=N–C) groups is 1. The summed E-state index contributed by atoms with van der Waals surface area (Å²) in [5.74, 6) is -3.48. The Kier molecular flexibility index (Phi) is 15.4. The second kappa shape index (κ2) is 20.2. The molecule has 4 amide bonds. The van der Waals surface area contributed by atoms with Crippen molar-refractivity contribution in [3.8, 4) is 5.75 Å². The number of benzene rings is 2. The monoisotopic (exact) mass is 692 g/mol. The van der Waals surface area contributed by atoms with Crippen molar-refractivity contribution in [1.82, 2.24) is 26.7 Å². The summed E-state index contributed by atoms with van der Waals surface area (Å²) in [5, 5.41) is 19.7. The molecule has 0 radical (unpaired) electrons. The third kappa shape index (κ3) is 13.8. The average Bonchev–Trinajstić information content (AvgIpc) is 3.65. The van der Waals surface area contributed by atoms with E-state index in [4.69, 9.17) is 15.2 Å². The summed E-state index contributed by atoms with van der Waals surface area (Å²) in [6.07, 6.45) is 7.01. The first kappa shape index (κ1) is 38.2. The Bertz CT molecular complexity index is 1570. The number of hydrogen-bond donors (Lipinski definition) is 6. The molecule has 0 unspecified atom stereocenters. The number of methoxy groups -OCH3 is 1. The lowest BCUT2D eigenvalue weighted by Crippen LogP contribution is -2.54. The first-order valence-electron chi connectivity index (χ1n) is 15.6. The molecule has 266 valence electrons. The number of esters is 1. The normalized spacial score (nSPS) is 13.4. The Hall–Kier alpha value is -6.26. The molecule has 17 heteroatoms. The Morgan fingerprint density at radius 3 is 2.24 bits per heavy atom. The Balaban J connectivity index is 1.63. The van der Waals surface area contributed by atoms with Crippen LogP contribution in [-0.2, 0) is 41.7 Å². The van der Waals surface area contributed by atoms with Crippen molar-refractivity contribution in [1.29, 1.82) is 0 Å². The van der Waals surface area contributed by atoms with Crippen LogP contribution in [0.2, 0.25) is 0 Å². The Morgan fingerprint density at radius 2 is 1.58 bits per heavy atom. The zero-order chi connectivity index (χ0) is 36.3. The first-order chi connectivity index (χ1) is 24.0. The predicted molar refractivity (Wildman–Crippen MR) is 180 cm³/mol. The number of carbonyl (C=O) groups excluding carboxylic acids is 5. The van der Waals surface area contributed by atoms with E-state index in [2.05, 4.69) is 26.3 Å². The van der Waals surface area contributed by atoms with E-state index in [9.17, 15) is 34.1 Å². The highest BCUT2D eigenvalue weighted by atomic mass is 16.7. The molecular formula is C33H40N8O9. The van der Waals surface area contributed by atoms with Crippen LogP contribution < -0.4 is 37.2 Å². The van der Waals surface area contributed by atoms with E-state index in [0.717, 1.165) is 12.7 Å². The van der Waals surface area contributed by atoms with Gasteiger partial charge in [0.2, 0.25) is 23.6 Å². The summed E-state index contributed by atoms with van der Waals surface area (Å²) in [7, 11) is 1.14. The molecule has 0 saturated carbocycles. The van der Waals surface area contributed by atoms with Crippen LogP contribution in [0.15, 0.2) is 83.9 Å². The average molecular weight is 693 g/mol. The minimum atomic E-state index is -1.19. The van der Waals surface area contributed by atoms with Crippen molar-refractivity contribution in [2.75, 3.05) is 26.7 Å². The molecule has 0 aromatic heterocycles. The minimum absolute atomic E-state index is 0.00308. The number of hydrazine groups is 1. The maximum Gasteiger partial charge on any atom is 0.328 e. The molecule has 0 aliphatic heterocycles. The standard InChI is InChI=1S/C33H40N8O9/c1-49-32(46)26(12-7-17-35-33(34)40-41(47)48)39-31(45)27(18-22-13-15-25(16-14-22)50-21-23-8-3-2-4-9-23)38-29(43)20-36-28(42)19-37-30(44)24-10-5-6-11-24/h2-6,8-11,13-16,24,26-27H,7,12,17-21H2,1H3,(H,36,42)(H,37,44)(H,38,43)(H,39,45)(H3,34,35,40)/t26-,27-/m0/s1. The zero-order valence-corrected chi connectivity index (χ0v) is 27.3. The van der Waals surface area contributed by atoms with Crippen LogP contribution in [0.25, 0.3) is 0 Å². The molecule has 0 saturated heterocycles. The molecule has 7 N–H and O–H groups in total. The fourth-order valence-corrected chi connectivity index (χ4v) is 4.57. The number of hydrogen-bond acceptors (Lipinski definition) is 10. The smallest absolute Gasteiger partial charge is 0.328 e. The zero-order valence-electron chi connectivity index (χ0n) is 27.3. The van der Waals surface area contributed by atoms with Gasteiger partial charge in [-0.3, -0.25) is 19.2 Å². The van der Waals surface area contributed by atoms with E-state index in [0.29, 0.717) is 17.9 Å². The highest BCUT2D eigenvalue weighted by Gasteiger charge is 2.28. The summed E-state index contributed by atoms with van der Waals surface area (Å²) in [6, 6.07) is 14.1. The summed E-state index contributed by atoms with van der Waals surface area (Å²) in [4.78, 5) is 77.6. The van der Waals surface area contributed by atoms with Crippen LogP contribution in [-0.4, -0.2) is 79.4 Å². The van der Waals surface area contributed by atoms with Gasteiger partial charge in [0.05, 0.1) is 26.1 Å². The van der Waals surface area contributed by atoms with Crippen LogP contribution in [0, 0.1) is 16.0 Å². The number of nitrogens with two attached hydrogens (primary N) is 1. The van der Waals surface area contributed by atoms with E-state index < -0.39 is 59.2 Å². The number of allylic oxidation sites excluding steroid dienone is 2. The fourth-order valence-electron chi connectivity index (χ4n) is 4.57. The molecule has 0 heterocycles. The van der Waals surface area contributed by atoms with Crippen molar-refractivity contribution in [3.05, 3.63) is 100 Å². The molecule has 50 heavy (non-hydrogen) atoms. The van der Waals surface area contributed by atoms with E-state index in [1.807, 2.05) is 30.3 Å². The van der Waals surface area contributed by atoms with E-state index >= 15 is 0 Å². The molecule has 0 bridgehead atoms. The SMILES string of the molecule is COC(=O)[C@H](CCCN=C(N)N[N+](=O)[O-])NC(=O)[C@H](Cc1ccc(OCc2ccccc2)cc1)NC(=O)CNC(=O)CNC(=O)C1C=CC=C1. The lowest BCUT2D eigenvalue weighted by Gasteiger charge is -2.22. The van der Waals surface area contributed by atoms with Crippen molar-refractivity contribution in [2.24, 2.45) is 16.6 Å². The molecule has 2 aromatic rings. The number of amides is 4. The number of rotatable bonds is 19.